The minimum absolute atomic E-state index is 0.589. The SMILES string of the molecule is Cc1csc(-c2c(N)nsc2NCC2CCSCC2)n1. The molecule has 2 aromatic rings. The zero-order valence-corrected chi connectivity index (χ0v) is 13.8. The topological polar surface area (TPSA) is 63.8 Å². The summed E-state index contributed by atoms with van der Waals surface area (Å²) in [5.41, 5.74) is 8.03. The molecule has 0 saturated carbocycles. The molecule has 20 heavy (non-hydrogen) atoms. The van der Waals surface area contributed by atoms with Crippen LogP contribution in [0.5, 0.6) is 0 Å². The Morgan fingerprint density at radius 1 is 1.40 bits per heavy atom. The van der Waals surface area contributed by atoms with E-state index in [0.29, 0.717) is 5.82 Å². The number of nitrogens with zero attached hydrogens (tertiary/aromatic N) is 2. The van der Waals surface area contributed by atoms with E-state index in [1.807, 2.05) is 6.92 Å². The van der Waals surface area contributed by atoms with Gasteiger partial charge >= 0.3 is 0 Å². The molecule has 2 aromatic heterocycles. The third kappa shape index (κ3) is 3.10. The Morgan fingerprint density at radius 3 is 2.90 bits per heavy atom. The summed E-state index contributed by atoms with van der Waals surface area (Å²) in [4.78, 5) is 4.53. The third-order valence-electron chi connectivity index (χ3n) is 3.44. The molecule has 0 aromatic carbocycles. The highest BCUT2D eigenvalue weighted by Gasteiger charge is 2.19. The van der Waals surface area contributed by atoms with E-state index in [9.17, 15) is 0 Å². The maximum atomic E-state index is 6.01. The van der Waals surface area contributed by atoms with Crippen LogP contribution in [0.25, 0.3) is 10.6 Å². The molecule has 3 N–H and O–H groups in total. The Labute approximate surface area is 131 Å². The molecule has 0 atom stereocenters. The van der Waals surface area contributed by atoms with E-state index in [1.165, 1.54) is 35.9 Å². The molecule has 3 heterocycles. The second-order valence-electron chi connectivity index (χ2n) is 5.00. The highest BCUT2D eigenvalue weighted by Crippen LogP contribution is 2.38. The van der Waals surface area contributed by atoms with Gasteiger partial charge in [0.25, 0.3) is 0 Å². The van der Waals surface area contributed by atoms with Crippen molar-refractivity contribution in [2.45, 2.75) is 19.8 Å². The number of thiazole rings is 1. The number of nitrogens with two attached hydrogens (primary N) is 1. The minimum atomic E-state index is 0.589. The summed E-state index contributed by atoms with van der Waals surface area (Å²) in [6.07, 6.45) is 2.61. The van der Waals surface area contributed by atoms with Gasteiger partial charge in [-0.1, -0.05) is 0 Å². The molecule has 1 aliphatic heterocycles. The van der Waals surface area contributed by atoms with Crippen molar-refractivity contribution in [2.75, 3.05) is 29.1 Å². The molecule has 7 heteroatoms. The van der Waals surface area contributed by atoms with Crippen LogP contribution in [0, 0.1) is 12.8 Å². The summed E-state index contributed by atoms with van der Waals surface area (Å²) in [5.74, 6) is 3.93. The highest BCUT2D eigenvalue weighted by atomic mass is 32.2. The molecule has 0 spiro atoms. The van der Waals surface area contributed by atoms with Crippen LogP contribution in [0.15, 0.2) is 5.38 Å². The van der Waals surface area contributed by atoms with Gasteiger partial charge < -0.3 is 11.1 Å². The van der Waals surface area contributed by atoms with Gasteiger partial charge in [-0.3, -0.25) is 0 Å². The Balaban J connectivity index is 1.73. The lowest BCUT2D eigenvalue weighted by atomic mass is 10.0. The van der Waals surface area contributed by atoms with Gasteiger partial charge in [-0.25, -0.2) is 4.98 Å². The van der Waals surface area contributed by atoms with Gasteiger partial charge in [-0.2, -0.15) is 16.1 Å². The number of rotatable bonds is 4. The van der Waals surface area contributed by atoms with Gasteiger partial charge in [-0.05, 0) is 48.7 Å². The van der Waals surface area contributed by atoms with Crippen LogP contribution in [-0.2, 0) is 0 Å². The average molecular weight is 327 g/mol. The Bertz CT molecular complexity index is 572. The van der Waals surface area contributed by atoms with Crippen LogP contribution in [0.2, 0.25) is 0 Å². The predicted octanol–water partition coefficient (Wildman–Crippen LogP) is 3.71. The molecular weight excluding hydrogens is 308 g/mol. The Hall–Kier alpha value is -0.790. The molecule has 0 bridgehead atoms. The van der Waals surface area contributed by atoms with Crippen LogP contribution in [-0.4, -0.2) is 27.4 Å². The highest BCUT2D eigenvalue weighted by molar-refractivity contribution is 7.99. The van der Waals surface area contributed by atoms with Gasteiger partial charge in [0.1, 0.15) is 15.8 Å². The molecule has 0 unspecified atom stereocenters. The van der Waals surface area contributed by atoms with Crippen LogP contribution < -0.4 is 11.1 Å². The van der Waals surface area contributed by atoms with Gasteiger partial charge in [0.15, 0.2) is 0 Å². The van der Waals surface area contributed by atoms with E-state index >= 15 is 0 Å². The lowest BCUT2D eigenvalue weighted by molar-refractivity contribution is 0.516. The Kier molecular flexibility index (Phi) is 4.48. The molecule has 0 aliphatic carbocycles. The Morgan fingerprint density at radius 2 is 2.20 bits per heavy atom. The van der Waals surface area contributed by atoms with Crippen LogP contribution >= 0.6 is 34.6 Å². The van der Waals surface area contributed by atoms with Crippen molar-refractivity contribution < 1.29 is 0 Å². The first-order valence-electron chi connectivity index (χ1n) is 6.73. The monoisotopic (exact) mass is 326 g/mol. The number of aryl methyl sites for hydroxylation is 1. The number of nitrogens with one attached hydrogen (secondary N) is 1. The largest absolute Gasteiger partial charge is 0.382 e. The van der Waals surface area contributed by atoms with E-state index in [1.54, 1.807) is 11.3 Å². The predicted molar refractivity (Wildman–Crippen MR) is 90.9 cm³/mol. The normalized spacial score (nSPS) is 16.4. The molecule has 108 valence electrons. The zero-order chi connectivity index (χ0) is 13.9. The molecule has 1 saturated heterocycles. The molecular formula is C13H18N4S3. The van der Waals surface area contributed by atoms with Crippen molar-refractivity contribution in [3.63, 3.8) is 0 Å². The zero-order valence-electron chi connectivity index (χ0n) is 11.4. The second kappa shape index (κ2) is 6.32. The van der Waals surface area contributed by atoms with Crippen LogP contribution in [0.1, 0.15) is 18.5 Å². The van der Waals surface area contributed by atoms with Gasteiger partial charge in [-0.15, -0.1) is 11.3 Å². The van der Waals surface area contributed by atoms with Gasteiger partial charge in [0, 0.05) is 17.6 Å². The fourth-order valence-corrected chi connectivity index (χ4v) is 5.13. The summed E-state index contributed by atoms with van der Waals surface area (Å²) in [5, 5.41) is 7.63. The van der Waals surface area contributed by atoms with Crippen molar-refractivity contribution in [1.29, 1.82) is 0 Å². The van der Waals surface area contributed by atoms with E-state index in [-0.39, 0.29) is 0 Å². The van der Waals surface area contributed by atoms with Gasteiger partial charge in [0.05, 0.1) is 5.56 Å². The summed E-state index contributed by atoms with van der Waals surface area (Å²) >= 11 is 5.13. The number of thioether (sulfide) groups is 1. The number of anilines is 2. The van der Waals surface area contributed by atoms with Crippen molar-refractivity contribution in [3.8, 4) is 10.6 Å². The first-order chi connectivity index (χ1) is 9.74. The van der Waals surface area contributed by atoms with Gasteiger partial charge in [0.2, 0.25) is 0 Å². The molecule has 0 radical (unpaired) electrons. The first-order valence-corrected chi connectivity index (χ1v) is 9.54. The van der Waals surface area contributed by atoms with Crippen molar-refractivity contribution in [1.82, 2.24) is 9.36 Å². The fraction of sp³-hybridized carbons (Fsp3) is 0.538. The second-order valence-corrected chi connectivity index (χ2v) is 7.86. The standard InChI is InChI=1S/C13H18N4S3/c1-8-7-19-13(16-8)10-11(14)17-20-12(10)15-6-9-2-4-18-5-3-9/h7,9,15H,2-6H2,1H3,(H2,14,17). The van der Waals surface area contributed by atoms with Crippen molar-refractivity contribution in [2.24, 2.45) is 5.92 Å². The molecule has 3 rings (SSSR count). The summed E-state index contributed by atoms with van der Waals surface area (Å²) in [7, 11) is 0. The third-order valence-corrected chi connectivity index (χ3v) is 6.29. The van der Waals surface area contributed by atoms with Crippen LogP contribution in [0.3, 0.4) is 0 Å². The molecule has 4 nitrogen and oxygen atoms in total. The maximum Gasteiger partial charge on any atom is 0.149 e. The smallest absolute Gasteiger partial charge is 0.149 e. The van der Waals surface area contributed by atoms with Crippen molar-refractivity contribution >= 4 is 45.5 Å². The number of hydrogen-bond donors (Lipinski definition) is 2. The van der Waals surface area contributed by atoms with Crippen LogP contribution in [0.4, 0.5) is 10.8 Å². The average Bonchev–Trinajstić information content (AvgIpc) is 3.03. The number of aromatic nitrogens is 2. The first kappa shape index (κ1) is 14.2. The number of hydrogen-bond acceptors (Lipinski definition) is 7. The van der Waals surface area contributed by atoms with E-state index in [4.69, 9.17) is 5.73 Å². The lowest BCUT2D eigenvalue weighted by Crippen LogP contribution is -2.18. The van der Waals surface area contributed by atoms with E-state index < -0.39 is 0 Å². The van der Waals surface area contributed by atoms with Crippen molar-refractivity contribution in [3.05, 3.63) is 11.1 Å². The van der Waals surface area contributed by atoms with E-state index in [0.717, 1.165) is 33.7 Å². The molecule has 0 amide bonds. The lowest BCUT2D eigenvalue weighted by Gasteiger charge is -2.21. The summed E-state index contributed by atoms with van der Waals surface area (Å²) in [6.45, 7) is 3.02. The molecule has 1 fully saturated rings. The number of nitrogen functional groups attached to an aromatic ring is 1. The minimum Gasteiger partial charge on any atom is -0.382 e. The molecule has 1 aliphatic rings. The summed E-state index contributed by atoms with van der Waals surface area (Å²) < 4.78 is 4.29. The van der Waals surface area contributed by atoms with E-state index in [2.05, 4.69) is 31.8 Å². The summed E-state index contributed by atoms with van der Waals surface area (Å²) in [6, 6.07) is 0. The maximum absolute atomic E-state index is 6.01. The quantitative estimate of drug-likeness (QED) is 0.896. The fourth-order valence-electron chi connectivity index (χ4n) is 2.29.